The molecule has 0 radical (unpaired) electrons. The Bertz CT molecular complexity index is 879. The highest BCUT2D eigenvalue weighted by atomic mass is 16.6. The minimum atomic E-state index is -0.895. The molecule has 2 N–H and O–H groups in total. The Labute approximate surface area is 205 Å². The summed E-state index contributed by atoms with van der Waals surface area (Å²) in [5.41, 5.74) is 0.612. The van der Waals surface area contributed by atoms with Crippen LogP contribution in [0.5, 0.6) is 0 Å². The van der Waals surface area contributed by atoms with E-state index in [9.17, 15) is 14.4 Å². The molecular formula is C27H41N3O4. The van der Waals surface area contributed by atoms with Crippen LogP contribution in [0.25, 0.3) is 0 Å². The van der Waals surface area contributed by atoms with Crippen molar-refractivity contribution in [2.75, 3.05) is 0 Å². The van der Waals surface area contributed by atoms with Crippen LogP contribution in [-0.2, 0) is 14.3 Å². The first kappa shape index (κ1) is 29.0. The molecule has 0 aliphatic heterocycles. The van der Waals surface area contributed by atoms with Crippen LogP contribution in [0.2, 0.25) is 0 Å². The van der Waals surface area contributed by atoms with E-state index in [1.54, 1.807) is 45.0 Å². The van der Waals surface area contributed by atoms with Crippen molar-refractivity contribution in [3.8, 4) is 12.3 Å². The maximum atomic E-state index is 14.0. The van der Waals surface area contributed by atoms with Crippen molar-refractivity contribution in [2.45, 2.75) is 98.5 Å². The Morgan fingerprint density at radius 3 is 2.00 bits per heavy atom. The quantitative estimate of drug-likeness (QED) is 0.522. The normalized spacial score (nSPS) is 14.1. The minimum Gasteiger partial charge on any atom is -0.444 e. The second kappa shape index (κ2) is 12.5. The highest BCUT2D eigenvalue weighted by molar-refractivity contribution is 5.92. The molecule has 0 aliphatic carbocycles. The van der Waals surface area contributed by atoms with Crippen LogP contribution in [0, 0.1) is 18.3 Å². The van der Waals surface area contributed by atoms with Crippen molar-refractivity contribution in [3.05, 3.63) is 35.4 Å². The summed E-state index contributed by atoms with van der Waals surface area (Å²) in [5, 5.41) is 5.68. The van der Waals surface area contributed by atoms with Gasteiger partial charge in [0.15, 0.2) is 0 Å². The summed E-state index contributed by atoms with van der Waals surface area (Å²) < 4.78 is 5.41. The minimum absolute atomic E-state index is 0.116. The van der Waals surface area contributed by atoms with Gasteiger partial charge < -0.3 is 20.3 Å². The molecule has 7 nitrogen and oxygen atoms in total. The average Bonchev–Trinajstić information content (AvgIpc) is 2.72. The molecule has 1 aromatic carbocycles. The number of rotatable bonds is 9. The van der Waals surface area contributed by atoms with Gasteiger partial charge in [-0.25, -0.2) is 4.79 Å². The number of hydrogen-bond acceptors (Lipinski definition) is 4. The molecule has 1 aromatic rings. The molecule has 34 heavy (non-hydrogen) atoms. The molecule has 0 aliphatic rings. The van der Waals surface area contributed by atoms with Crippen molar-refractivity contribution in [3.63, 3.8) is 0 Å². The zero-order chi connectivity index (χ0) is 26.2. The van der Waals surface area contributed by atoms with Gasteiger partial charge in [-0.15, -0.1) is 6.42 Å². The summed E-state index contributed by atoms with van der Waals surface area (Å²) in [6.07, 6.45) is 5.47. The van der Waals surface area contributed by atoms with Crippen molar-refractivity contribution >= 4 is 17.9 Å². The second-order valence-electron chi connectivity index (χ2n) is 10.2. The van der Waals surface area contributed by atoms with E-state index in [-0.39, 0.29) is 29.8 Å². The molecule has 0 saturated carbocycles. The van der Waals surface area contributed by atoms with Gasteiger partial charge in [-0.05, 0) is 72.1 Å². The molecule has 3 atom stereocenters. The number of alkyl carbamates (subject to hydrolysis) is 1. The third-order valence-electron chi connectivity index (χ3n) is 5.31. The predicted molar refractivity (Wildman–Crippen MR) is 135 cm³/mol. The van der Waals surface area contributed by atoms with Gasteiger partial charge in [-0.1, -0.05) is 38.3 Å². The number of benzene rings is 1. The highest BCUT2D eigenvalue weighted by Gasteiger charge is 2.39. The molecular weight excluding hydrogens is 430 g/mol. The summed E-state index contributed by atoms with van der Waals surface area (Å²) in [7, 11) is 0. The van der Waals surface area contributed by atoms with Gasteiger partial charge >= 0.3 is 6.09 Å². The van der Waals surface area contributed by atoms with E-state index in [4.69, 9.17) is 11.2 Å². The average molecular weight is 472 g/mol. The molecule has 0 saturated heterocycles. The van der Waals surface area contributed by atoms with E-state index in [0.29, 0.717) is 17.5 Å². The lowest BCUT2D eigenvalue weighted by Crippen LogP contribution is -2.57. The van der Waals surface area contributed by atoms with E-state index >= 15 is 0 Å². The summed E-state index contributed by atoms with van der Waals surface area (Å²) in [6.45, 7) is 16.6. The second-order valence-corrected chi connectivity index (χ2v) is 10.2. The van der Waals surface area contributed by atoms with E-state index < -0.39 is 23.8 Å². The van der Waals surface area contributed by atoms with E-state index in [1.807, 2.05) is 41.5 Å². The van der Waals surface area contributed by atoms with E-state index in [1.165, 1.54) is 4.90 Å². The van der Waals surface area contributed by atoms with Crippen LogP contribution in [0.4, 0.5) is 4.79 Å². The Kier molecular flexibility index (Phi) is 10.6. The fourth-order valence-corrected chi connectivity index (χ4v) is 3.52. The largest absolute Gasteiger partial charge is 0.444 e. The van der Waals surface area contributed by atoms with Crippen LogP contribution >= 0.6 is 0 Å². The van der Waals surface area contributed by atoms with E-state index in [0.717, 1.165) is 0 Å². The molecule has 0 spiro atoms. The lowest BCUT2D eigenvalue weighted by Gasteiger charge is -2.38. The third-order valence-corrected chi connectivity index (χ3v) is 5.31. The fourth-order valence-electron chi connectivity index (χ4n) is 3.52. The Morgan fingerprint density at radius 2 is 1.59 bits per heavy atom. The number of carbonyl (C=O) groups is 3. The molecule has 7 heteroatoms. The lowest BCUT2D eigenvalue weighted by molar-refractivity contribution is -0.145. The van der Waals surface area contributed by atoms with E-state index in [2.05, 4.69) is 16.6 Å². The summed E-state index contributed by atoms with van der Waals surface area (Å²) in [5.74, 6) is 1.74. The first-order valence-corrected chi connectivity index (χ1v) is 11.9. The number of carbonyl (C=O) groups excluding carboxylic acids is 3. The third kappa shape index (κ3) is 8.40. The smallest absolute Gasteiger partial charge is 0.408 e. The van der Waals surface area contributed by atoms with Gasteiger partial charge in [0.25, 0.3) is 0 Å². The van der Waals surface area contributed by atoms with Crippen LogP contribution in [0.15, 0.2) is 24.3 Å². The molecule has 0 aromatic heterocycles. The van der Waals surface area contributed by atoms with Crippen molar-refractivity contribution in [1.82, 2.24) is 15.5 Å². The highest BCUT2D eigenvalue weighted by Crippen LogP contribution is 2.27. The van der Waals surface area contributed by atoms with Crippen LogP contribution in [0.1, 0.15) is 85.9 Å². The van der Waals surface area contributed by atoms with Crippen molar-refractivity contribution in [2.24, 2.45) is 5.92 Å². The number of nitrogens with zero attached hydrogens (tertiary/aromatic N) is 1. The fraction of sp³-hybridized carbons (Fsp3) is 0.593. The lowest BCUT2D eigenvalue weighted by atomic mass is 9.94. The van der Waals surface area contributed by atoms with Crippen LogP contribution in [-0.4, -0.2) is 46.5 Å². The predicted octanol–water partition coefficient (Wildman–Crippen LogP) is 4.41. The molecule has 0 heterocycles. The SMILES string of the molecule is C#Cc1ccc(C(C(=O)NC(C)C)N(C(=O)C(NC(=O)OC(C)(C)C)C(C)CC)C(C)C)cc1. The Hall–Kier alpha value is -3.01. The molecule has 3 unspecified atom stereocenters. The first-order valence-electron chi connectivity index (χ1n) is 11.9. The number of ether oxygens (including phenoxy) is 1. The zero-order valence-corrected chi connectivity index (χ0v) is 22.1. The first-order chi connectivity index (χ1) is 15.7. The zero-order valence-electron chi connectivity index (χ0n) is 22.1. The summed E-state index contributed by atoms with van der Waals surface area (Å²) in [6, 6.07) is 4.83. The van der Waals surface area contributed by atoms with Gasteiger partial charge in [0, 0.05) is 17.6 Å². The molecule has 0 fully saturated rings. The van der Waals surface area contributed by atoms with Gasteiger partial charge in [0.05, 0.1) is 0 Å². The van der Waals surface area contributed by atoms with Gasteiger partial charge in [-0.2, -0.15) is 0 Å². The standard InChI is InChI=1S/C27H41N3O4/c1-11-19(7)22(29-26(33)34-27(8,9)10)25(32)30(18(5)6)23(24(31)28-17(3)4)21-15-13-20(12-2)14-16-21/h2,13-19,22-23H,11H2,1,3-10H3,(H,28,31)(H,29,33). The number of amides is 3. The Balaban J connectivity index is 3.49. The topological polar surface area (TPSA) is 87.7 Å². The number of nitrogens with one attached hydrogen (secondary N) is 2. The monoisotopic (exact) mass is 471 g/mol. The number of terminal acetylenes is 1. The van der Waals surface area contributed by atoms with Gasteiger partial charge in [0.1, 0.15) is 17.7 Å². The van der Waals surface area contributed by atoms with Crippen LogP contribution in [0.3, 0.4) is 0 Å². The summed E-state index contributed by atoms with van der Waals surface area (Å²) >= 11 is 0. The Morgan fingerprint density at radius 1 is 1.03 bits per heavy atom. The van der Waals surface area contributed by atoms with Crippen molar-refractivity contribution in [1.29, 1.82) is 0 Å². The molecule has 1 rings (SSSR count). The molecule has 0 bridgehead atoms. The van der Waals surface area contributed by atoms with Gasteiger partial charge in [0.2, 0.25) is 11.8 Å². The van der Waals surface area contributed by atoms with Crippen LogP contribution < -0.4 is 10.6 Å². The maximum absolute atomic E-state index is 14.0. The summed E-state index contributed by atoms with van der Waals surface area (Å²) in [4.78, 5) is 41.4. The number of hydrogen-bond donors (Lipinski definition) is 2. The molecule has 3 amide bonds. The van der Waals surface area contributed by atoms with Crippen molar-refractivity contribution < 1.29 is 19.1 Å². The van der Waals surface area contributed by atoms with Gasteiger partial charge in [-0.3, -0.25) is 9.59 Å². The maximum Gasteiger partial charge on any atom is 0.408 e. The molecule has 188 valence electrons.